The predicted molar refractivity (Wildman–Crippen MR) is 78.8 cm³/mol. The molecule has 1 amide bonds. The molecule has 0 aliphatic carbocycles. The number of carbonyl (C=O) groups is 2. The fourth-order valence-electron chi connectivity index (χ4n) is 1.91. The molecular weight excluding hydrogens is 278 g/mol. The molecule has 1 aromatic rings. The van der Waals surface area contributed by atoms with Gasteiger partial charge < -0.3 is 10.4 Å². The van der Waals surface area contributed by atoms with E-state index in [0.717, 1.165) is 5.56 Å². The zero-order valence-electron chi connectivity index (χ0n) is 11.7. The Kier molecular flexibility index (Phi) is 6.52. The highest BCUT2D eigenvalue weighted by Crippen LogP contribution is 2.16. The molecule has 4 nitrogen and oxygen atoms in total. The Labute approximate surface area is 124 Å². The van der Waals surface area contributed by atoms with E-state index in [4.69, 9.17) is 16.7 Å². The van der Waals surface area contributed by atoms with E-state index in [1.807, 2.05) is 32.0 Å². The number of carboxylic acids is 1. The molecule has 0 radical (unpaired) electrons. The standard InChI is InChI=1S/C15H20ClNO3/c1-10(2)9-13(15(19)20)17-14(18)8-7-11-5-3-4-6-12(11)16/h3-6,10,13H,7-9H2,1-2H3,(H,17,18)(H,19,20)/t13-/m1/s1. The number of halogens is 1. The van der Waals surface area contributed by atoms with Crippen LogP contribution in [0.2, 0.25) is 5.02 Å². The van der Waals surface area contributed by atoms with Gasteiger partial charge >= 0.3 is 5.97 Å². The lowest BCUT2D eigenvalue weighted by atomic mass is 10.0. The van der Waals surface area contributed by atoms with Gasteiger partial charge in [0.05, 0.1) is 0 Å². The van der Waals surface area contributed by atoms with Gasteiger partial charge in [-0.1, -0.05) is 43.6 Å². The van der Waals surface area contributed by atoms with Crippen LogP contribution in [0, 0.1) is 5.92 Å². The molecule has 1 rings (SSSR count). The lowest BCUT2D eigenvalue weighted by molar-refractivity contribution is -0.142. The van der Waals surface area contributed by atoms with Crippen molar-refractivity contribution in [3.8, 4) is 0 Å². The van der Waals surface area contributed by atoms with Crippen LogP contribution in [0.1, 0.15) is 32.3 Å². The average molecular weight is 298 g/mol. The number of rotatable bonds is 7. The summed E-state index contributed by atoms with van der Waals surface area (Å²) in [5.74, 6) is -1.05. The van der Waals surface area contributed by atoms with Gasteiger partial charge in [0.2, 0.25) is 5.91 Å². The Balaban J connectivity index is 2.50. The number of amides is 1. The minimum Gasteiger partial charge on any atom is -0.480 e. The van der Waals surface area contributed by atoms with E-state index >= 15 is 0 Å². The van der Waals surface area contributed by atoms with Crippen molar-refractivity contribution < 1.29 is 14.7 Å². The van der Waals surface area contributed by atoms with Gasteiger partial charge in [0, 0.05) is 11.4 Å². The summed E-state index contributed by atoms with van der Waals surface area (Å²) >= 11 is 6.01. The first kappa shape index (κ1) is 16.5. The summed E-state index contributed by atoms with van der Waals surface area (Å²) < 4.78 is 0. The number of hydrogen-bond donors (Lipinski definition) is 2. The molecule has 0 saturated heterocycles. The first-order valence-electron chi connectivity index (χ1n) is 6.65. The highest BCUT2D eigenvalue weighted by molar-refractivity contribution is 6.31. The second kappa shape index (κ2) is 7.90. The van der Waals surface area contributed by atoms with Crippen molar-refractivity contribution in [1.29, 1.82) is 0 Å². The van der Waals surface area contributed by atoms with Crippen molar-refractivity contribution in [2.45, 2.75) is 39.2 Å². The fraction of sp³-hybridized carbons (Fsp3) is 0.467. The zero-order valence-corrected chi connectivity index (χ0v) is 12.5. The van der Waals surface area contributed by atoms with Crippen molar-refractivity contribution in [1.82, 2.24) is 5.32 Å². The zero-order chi connectivity index (χ0) is 15.1. The Morgan fingerprint density at radius 3 is 2.50 bits per heavy atom. The van der Waals surface area contributed by atoms with E-state index in [1.54, 1.807) is 6.07 Å². The minimum absolute atomic E-state index is 0.208. The lowest BCUT2D eigenvalue weighted by Gasteiger charge is -2.16. The van der Waals surface area contributed by atoms with E-state index in [2.05, 4.69) is 5.32 Å². The second-order valence-electron chi connectivity index (χ2n) is 5.18. The molecule has 1 atom stereocenters. The summed E-state index contributed by atoms with van der Waals surface area (Å²) in [5.41, 5.74) is 0.889. The maximum Gasteiger partial charge on any atom is 0.326 e. The number of benzene rings is 1. The van der Waals surface area contributed by atoms with Crippen LogP contribution < -0.4 is 5.32 Å². The van der Waals surface area contributed by atoms with Gasteiger partial charge in [-0.15, -0.1) is 0 Å². The largest absolute Gasteiger partial charge is 0.480 e. The van der Waals surface area contributed by atoms with Crippen LogP contribution in [-0.4, -0.2) is 23.0 Å². The predicted octanol–water partition coefficient (Wildman–Crippen LogP) is 2.89. The molecule has 0 saturated carbocycles. The van der Waals surface area contributed by atoms with Crippen molar-refractivity contribution in [3.05, 3.63) is 34.9 Å². The maximum atomic E-state index is 11.8. The highest BCUT2D eigenvalue weighted by atomic mass is 35.5. The van der Waals surface area contributed by atoms with E-state index < -0.39 is 12.0 Å². The van der Waals surface area contributed by atoms with Crippen molar-refractivity contribution in [3.63, 3.8) is 0 Å². The summed E-state index contributed by atoms with van der Waals surface area (Å²) in [4.78, 5) is 22.9. The highest BCUT2D eigenvalue weighted by Gasteiger charge is 2.20. The summed E-state index contributed by atoms with van der Waals surface area (Å²) in [6.07, 6.45) is 1.15. The smallest absolute Gasteiger partial charge is 0.326 e. The van der Waals surface area contributed by atoms with Crippen LogP contribution in [0.3, 0.4) is 0 Å². The normalized spacial score (nSPS) is 12.2. The van der Waals surface area contributed by atoms with E-state index in [0.29, 0.717) is 17.9 Å². The van der Waals surface area contributed by atoms with Gasteiger partial charge in [-0.2, -0.15) is 0 Å². The summed E-state index contributed by atoms with van der Waals surface area (Å²) in [5, 5.41) is 12.2. The van der Waals surface area contributed by atoms with Gasteiger partial charge in [0.25, 0.3) is 0 Å². The van der Waals surface area contributed by atoms with E-state index in [9.17, 15) is 9.59 Å². The van der Waals surface area contributed by atoms with Gasteiger partial charge in [-0.05, 0) is 30.4 Å². The Hall–Kier alpha value is -1.55. The first-order valence-corrected chi connectivity index (χ1v) is 7.03. The van der Waals surface area contributed by atoms with Crippen LogP contribution in [-0.2, 0) is 16.0 Å². The quantitative estimate of drug-likeness (QED) is 0.813. The van der Waals surface area contributed by atoms with Crippen molar-refractivity contribution in [2.75, 3.05) is 0 Å². The Bertz CT molecular complexity index is 474. The summed E-state index contributed by atoms with van der Waals surface area (Å²) in [6.45, 7) is 3.84. The topological polar surface area (TPSA) is 66.4 Å². The van der Waals surface area contributed by atoms with Gasteiger partial charge in [0.15, 0.2) is 0 Å². The second-order valence-corrected chi connectivity index (χ2v) is 5.59. The SMILES string of the molecule is CC(C)C[C@@H](NC(=O)CCc1ccccc1Cl)C(=O)O. The molecule has 0 unspecified atom stereocenters. The maximum absolute atomic E-state index is 11.8. The van der Waals surface area contributed by atoms with Crippen LogP contribution >= 0.6 is 11.6 Å². The molecule has 0 aliphatic heterocycles. The van der Waals surface area contributed by atoms with Crippen LogP contribution in [0.25, 0.3) is 0 Å². The molecule has 0 aliphatic rings. The van der Waals surface area contributed by atoms with E-state index in [1.165, 1.54) is 0 Å². The lowest BCUT2D eigenvalue weighted by Crippen LogP contribution is -2.41. The minimum atomic E-state index is -0.996. The molecule has 0 aromatic heterocycles. The molecule has 1 aromatic carbocycles. The number of hydrogen-bond acceptors (Lipinski definition) is 2. The molecule has 2 N–H and O–H groups in total. The Morgan fingerprint density at radius 1 is 1.30 bits per heavy atom. The fourth-order valence-corrected chi connectivity index (χ4v) is 2.14. The number of carboxylic acid groups (broad SMARTS) is 1. The molecule has 0 fully saturated rings. The number of nitrogens with one attached hydrogen (secondary N) is 1. The van der Waals surface area contributed by atoms with Gasteiger partial charge in [-0.25, -0.2) is 4.79 Å². The van der Waals surface area contributed by atoms with Gasteiger partial charge in [-0.3, -0.25) is 4.79 Å². The van der Waals surface area contributed by atoms with E-state index in [-0.39, 0.29) is 18.2 Å². The molecule has 5 heteroatoms. The molecule has 0 bridgehead atoms. The van der Waals surface area contributed by atoms with Gasteiger partial charge in [0.1, 0.15) is 6.04 Å². The third kappa shape index (κ3) is 5.61. The van der Waals surface area contributed by atoms with Crippen LogP contribution in [0.15, 0.2) is 24.3 Å². The van der Waals surface area contributed by atoms with Crippen LogP contribution in [0.4, 0.5) is 0 Å². The summed E-state index contributed by atoms with van der Waals surface area (Å²) in [7, 11) is 0. The third-order valence-corrected chi connectivity index (χ3v) is 3.29. The monoisotopic (exact) mass is 297 g/mol. The number of aryl methyl sites for hydroxylation is 1. The third-order valence-electron chi connectivity index (χ3n) is 2.92. The number of carbonyl (C=O) groups excluding carboxylic acids is 1. The molecule has 0 heterocycles. The Morgan fingerprint density at radius 2 is 1.95 bits per heavy atom. The molecule has 110 valence electrons. The molecule has 0 spiro atoms. The summed E-state index contributed by atoms with van der Waals surface area (Å²) in [6, 6.07) is 6.49. The molecular formula is C15H20ClNO3. The van der Waals surface area contributed by atoms with Crippen molar-refractivity contribution >= 4 is 23.5 Å². The van der Waals surface area contributed by atoms with Crippen molar-refractivity contribution in [2.24, 2.45) is 5.92 Å². The average Bonchev–Trinajstić information content (AvgIpc) is 2.36. The molecule has 20 heavy (non-hydrogen) atoms. The van der Waals surface area contributed by atoms with Crippen LogP contribution in [0.5, 0.6) is 0 Å². The first-order chi connectivity index (χ1) is 9.40. The number of aliphatic carboxylic acids is 1.